The smallest absolute Gasteiger partial charge is 0.118 e. The summed E-state index contributed by atoms with van der Waals surface area (Å²) >= 11 is 0. The van der Waals surface area contributed by atoms with Gasteiger partial charge in [0.15, 0.2) is 0 Å². The van der Waals surface area contributed by atoms with Gasteiger partial charge in [-0.05, 0) is 36.1 Å². The van der Waals surface area contributed by atoms with E-state index in [9.17, 15) is 5.21 Å². The summed E-state index contributed by atoms with van der Waals surface area (Å²) in [6, 6.07) is 18.8. The average molecular weight is 399 g/mol. The Morgan fingerprint density at radius 1 is 1.10 bits per heavy atom. The van der Waals surface area contributed by atoms with Crippen LogP contribution in [0, 0.1) is 5.92 Å². The van der Waals surface area contributed by atoms with Gasteiger partial charge in [0, 0.05) is 29.0 Å². The molecule has 0 saturated heterocycles. The Morgan fingerprint density at radius 2 is 1.83 bits per heavy atom. The second-order valence-corrected chi connectivity index (χ2v) is 8.15. The molecule has 5 heteroatoms. The highest BCUT2D eigenvalue weighted by Crippen LogP contribution is 2.43. The Morgan fingerprint density at radius 3 is 2.47 bits per heavy atom. The molecular formula is C25H25N3O2. The summed E-state index contributed by atoms with van der Waals surface area (Å²) in [6.45, 7) is 0. The van der Waals surface area contributed by atoms with Crippen molar-refractivity contribution in [3.05, 3.63) is 88.8 Å². The maximum Gasteiger partial charge on any atom is 0.118 e. The second kappa shape index (κ2) is 7.48. The number of aromatic amines is 1. The van der Waals surface area contributed by atoms with Crippen LogP contribution in [0.3, 0.4) is 0 Å². The van der Waals surface area contributed by atoms with E-state index in [-0.39, 0.29) is 5.41 Å². The van der Waals surface area contributed by atoms with Gasteiger partial charge in [-0.2, -0.15) is 5.10 Å². The van der Waals surface area contributed by atoms with Crippen molar-refractivity contribution in [2.75, 3.05) is 7.11 Å². The summed E-state index contributed by atoms with van der Waals surface area (Å²) in [5, 5.41) is 21.1. The predicted molar refractivity (Wildman–Crippen MR) is 117 cm³/mol. The highest BCUT2D eigenvalue weighted by Gasteiger charge is 2.38. The molecule has 1 fully saturated rings. The van der Waals surface area contributed by atoms with Crippen LogP contribution in [0.2, 0.25) is 0 Å². The lowest BCUT2D eigenvalue weighted by Crippen LogP contribution is -2.31. The maximum atomic E-state index is 9.64. The molecule has 0 radical (unpaired) electrons. The van der Waals surface area contributed by atoms with Gasteiger partial charge in [-0.25, -0.2) is 0 Å². The third kappa shape index (κ3) is 2.93. The molecule has 0 spiro atoms. The summed E-state index contributed by atoms with van der Waals surface area (Å²) in [7, 11) is 1.68. The molecule has 5 rings (SSSR count). The van der Waals surface area contributed by atoms with E-state index in [1.165, 1.54) is 17.5 Å². The molecule has 30 heavy (non-hydrogen) atoms. The maximum absolute atomic E-state index is 9.64. The number of allylic oxidation sites excluding steroid dienone is 1. The number of H-pyrrole nitrogens is 1. The van der Waals surface area contributed by atoms with Crippen LogP contribution in [-0.2, 0) is 11.8 Å². The van der Waals surface area contributed by atoms with E-state index in [4.69, 9.17) is 4.74 Å². The van der Waals surface area contributed by atoms with E-state index in [1.807, 2.05) is 18.2 Å². The van der Waals surface area contributed by atoms with Gasteiger partial charge in [0.2, 0.25) is 0 Å². The average Bonchev–Trinajstić information content (AvgIpc) is 3.19. The first-order valence-corrected chi connectivity index (χ1v) is 10.4. The quantitative estimate of drug-likeness (QED) is 0.362. The number of ether oxygens (including phenoxy) is 1. The van der Waals surface area contributed by atoms with Gasteiger partial charge in [0.25, 0.3) is 0 Å². The topological polar surface area (TPSA) is 70.5 Å². The number of benzene rings is 2. The van der Waals surface area contributed by atoms with E-state index in [2.05, 4.69) is 63.9 Å². The SMILES string of the molecule is COc1ccc(C2(c3ccccc3)C=Cc3c(/C(=N/O)C4CCC4)n[nH]c3C2)cc1. The fraction of sp³-hybridized carbons (Fsp3) is 0.280. The number of nitrogens with one attached hydrogen (secondary N) is 1. The van der Waals surface area contributed by atoms with Gasteiger partial charge in [-0.15, -0.1) is 0 Å². The number of hydrogen-bond acceptors (Lipinski definition) is 4. The van der Waals surface area contributed by atoms with Crippen molar-refractivity contribution in [1.29, 1.82) is 0 Å². The van der Waals surface area contributed by atoms with Crippen LogP contribution in [0.5, 0.6) is 5.75 Å². The first-order chi connectivity index (χ1) is 14.7. The number of oxime groups is 1. The van der Waals surface area contributed by atoms with Crippen molar-refractivity contribution in [3.8, 4) is 5.75 Å². The summed E-state index contributed by atoms with van der Waals surface area (Å²) in [5.74, 6) is 1.15. The standard InChI is InChI=1S/C25H25N3O2/c1-30-20-12-10-19(11-13-20)25(18-8-3-2-4-9-18)15-14-21-22(16-25)26-27-24(21)23(28-29)17-6-5-7-17/h2-4,8-15,17,29H,5-7,16H2,1H3,(H,26,27)/b28-23+. The number of hydrogen-bond donors (Lipinski definition) is 2. The molecule has 1 atom stereocenters. The Kier molecular flexibility index (Phi) is 4.66. The van der Waals surface area contributed by atoms with Crippen molar-refractivity contribution in [1.82, 2.24) is 10.2 Å². The molecule has 152 valence electrons. The number of nitrogens with zero attached hydrogens (tertiary/aromatic N) is 2. The molecule has 0 amide bonds. The zero-order valence-corrected chi connectivity index (χ0v) is 17.0. The van der Waals surface area contributed by atoms with Crippen molar-refractivity contribution in [2.45, 2.75) is 31.1 Å². The third-order valence-electron chi connectivity index (χ3n) is 6.61. The number of fused-ring (bicyclic) bond motifs is 1. The first-order valence-electron chi connectivity index (χ1n) is 10.4. The molecule has 2 aliphatic carbocycles. The van der Waals surface area contributed by atoms with Crippen LogP contribution >= 0.6 is 0 Å². The van der Waals surface area contributed by atoms with Gasteiger partial charge >= 0.3 is 0 Å². The van der Waals surface area contributed by atoms with Crippen LogP contribution in [0.15, 0.2) is 65.8 Å². The highest BCUT2D eigenvalue weighted by atomic mass is 16.5. The monoisotopic (exact) mass is 399 g/mol. The lowest BCUT2D eigenvalue weighted by molar-refractivity contribution is 0.305. The largest absolute Gasteiger partial charge is 0.497 e. The fourth-order valence-corrected chi connectivity index (χ4v) is 4.65. The van der Waals surface area contributed by atoms with Crippen LogP contribution in [0.1, 0.15) is 47.3 Å². The molecule has 5 nitrogen and oxygen atoms in total. The fourth-order valence-electron chi connectivity index (χ4n) is 4.65. The van der Waals surface area contributed by atoms with E-state index in [0.29, 0.717) is 11.6 Å². The molecule has 2 aliphatic rings. The third-order valence-corrected chi connectivity index (χ3v) is 6.61. The predicted octanol–water partition coefficient (Wildman–Crippen LogP) is 4.95. The molecular weight excluding hydrogens is 374 g/mol. The van der Waals surface area contributed by atoms with Crippen molar-refractivity contribution in [3.63, 3.8) is 0 Å². The number of aromatic nitrogens is 2. The zero-order chi connectivity index (χ0) is 20.6. The summed E-state index contributed by atoms with van der Waals surface area (Å²) in [4.78, 5) is 0. The van der Waals surface area contributed by atoms with E-state index in [0.717, 1.165) is 42.0 Å². The summed E-state index contributed by atoms with van der Waals surface area (Å²) < 4.78 is 5.36. The Balaban J connectivity index is 1.60. The Hall–Kier alpha value is -3.34. The van der Waals surface area contributed by atoms with Crippen LogP contribution in [0.25, 0.3) is 6.08 Å². The molecule has 3 aromatic rings. The summed E-state index contributed by atoms with van der Waals surface area (Å²) in [6.07, 6.45) is 8.46. The Labute approximate surface area is 176 Å². The minimum absolute atomic E-state index is 0.304. The molecule has 2 aromatic carbocycles. The molecule has 1 unspecified atom stereocenters. The molecule has 1 heterocycles. The highest BCUT2D eigenvalue weighted by molar-refractivity contribution is 6.04. The van der Waals surface area contributed by atoms with Gasteiger partial charge in [-0.3, -0.25) is 5.10 Å². The molecule has 0 aliphatic heterocycles. The van der Waals surface area contributed by atoms with Gasteiger partial charge in [-0.1, -0.05) is 66.2 Å². The van der Waals surface area contributed by atoms with Crippen molar-refractivity contribution in [2.24, 2.45) is 11.1 Å². The van der Waals surface area contributed by atoms with Crippen molar-refractivity contribution >= 4 is 11.8 Å². The van der Waals surface area contributed by atoms with E-state index >= 15 is 0 Å². The summed E-state index contributed by atoms with van der Waals surface area (Å²) in [5.41, 5.74) is 5.70. The molecule has 1 aromatic heterocycles. The van der Waals surface area contributed by atoms with Gasteiger partial charge < -0.3 is 9.94 Å². The molecule has 0 bridgehead atoms. The first kappa shape index (κ1) is 18.7. The second-order valence-electron chi connectivity index (χ2n) is 8.15. The van der Waals surface area contributed by atoms with Gasteiger partial charge in [0.05, 0.1) is 7.11 Å². The minimum atomic E-state index is -0.308. The Bertz CT molecular complexity index is 1100. The molecule has 2 N–H and O–H groups in total. The number of methoxy groups -OCH3 is 1. The normalized spacial score (nSPS) is 21.2. The lowest BCUT2D eigenvalue weighted by atomic mass is 9.68. The van der Waals surface area contributed by atoms with Crippen LogP contribution in [-0.4, -0.2) is 28.2 Å². The molecule has 1 saturated carbocycles. The van der Waals surface area contributed by atoms with E-state index < -0.39 is 0 Å². The number of rotatable bonds is 5. The van der Waals surface area contributed by atoms with Crippen molar-refractivity contribution < 1.29 is 9.94 Å². The minimum Gasteiger partial charge on any atom is -0.497 e. The lowest BCUT2D eigenvalue weighted by Gasteiger charge is -2.34. The van der Waals surface area contributed by atoms with Crippen LogP contribution in [0.4, 0.5) is 0 Å². The zero-order valence-electron chi connectivity index (χ0n) is 17.0. The van der Waals surface area contributed by atoms with E-state index in [1.54, 1.807) is 7.11 Å². The van der Waals surface area contributed by atoms with Crippen LogP contribution < -0.4 is 4.74 Å². The van der Waals surface area contributed by atoms with Gasteiger partial charge in [0.1, 0.15) is 17.2 Å².